The van der Waals surface area contributed by atoms with Crippen LogP contribution in [-0.2, 0) is 20.0 Å². The van der Waals surface area contributed by atoms with E-state index in [0.29, 0.717) is 0 Å². The zero-order chi connectivity index (χ0) is 16.0. The van der Waals surface area contributed by atoms with Crippen LogP contribution in [0.2, 0.25) is 0 Å². The average molecular weight is 350 g/mol. The van der Waals surface area contributed by atoms with Crippen LogP contribution in [0.25, 0.3) is 0 Å². The zero-order valence-corrected chi connectivity index (χ0v) is 11.1. The second-order valence-corrected chi connectivity index (χ2v) is 7.49. The van der Waals surface area contributed by atoms with Crippen molar-refractivity contribution in [2.24, 2.45) is 0 Å². The highest BCUT2D eigenvalue weighted by molar-refractivity contribution is 7.98. The van der Waals surface area contributed by atoms with E-state index in [-0.39, 0.29) is 17.5 Å². The molecule has 0 atom stereocenters. The predicted octanol–water partition coefficient (Wildman–Crippen LogP) is 0.957. The Morgan fingerprint density at radius 1 is 0.750 bits per heavy atom. The molecule has 0 saturated carbocycles. The fourth-order valence-corrected chi connectivity index (χ4v) is 4.30. The summed E-state index contributed by atoms with van der Waals surface area (Å²) in [5.41, 5.74) is -12.3. The molecule has 0 aromatic carbocycles. The average Bonchev–Trinajstić information content (AvgIpc) is 2.66. The van der Waals surface area contributed by atoms with Crippen LogP contribution in [0.3, 0.4) is 0 Å². The molecule has 1 saturated heterocycles. The molecule has 1 rings (SSSR count). The van der Waals surface area contributed by atoms with Gasteiger partial charge >= 0.3 is 31.1 Å². The lowest BCUT2D eigenvalue weighted by Gasteiger charge is -2.05. The highest BCUT2D eigenvalue weighted by Crippen LogP contribution is 2.33. The highest BCUT2D eigenvalue weighted by atomic mass is 32.3. The number of sulfonamides is 2. The summed E-state index contributed by atoms with van der Waals surface area (Å²) in [6.45, 7) is -1.10. The second kappa shape index (κ2) is 4.82. The van der Waals surface area contributed by atoms with Crippen molar-refractivity contribution in [1.82, 2.24) is 0 Å². The van der Waals surface area contributed by atoms with E-state index in [1.54, 1.807) is 0 Å². The summed E-state index contributed by atoms with van der Waals surface area (Å²) in [6, 6.07) is 0. The molecular weight excluding hydrogens is 342 g/mol. The first-order valence-corrected chi connectivity index (χ1v) is 7.79. The van der Waals surface area contributed by atoms with Crippen LogP contribution >= 0.6 is 0 Å². The fourth-order valence-electron chi connectivity index (χ4n) is 1.47. The van der Waals surface area contributed by atoms with E-state index in [0.717, 1.165) is 0 Å². The monoisotopic (exact) mass is 350 g/mol. The third-order valence-electron chi connectivity index (χ3n) is 2.31. The normalized spacial score (nSPS) is 18.4. The summed E-state index contributed by atoms with van der Waals surface area (Å²) in [4.78, 5) is 0. The van der Waals surface area contributed by atoms with Gasteiger partial charge < -0.3 is 0 Å². The largest absolute Gasteiger partial charge is 0.567 e. The lowest BCUT2D eigenvalue weighted by molar-refractivity contribution is -0.894. The van der Waals surface area contributed by atoms with Crippen LogP contribution in [0, 0.1) is 0 Å². The Hall–Kier alpha value is -0.920. The Morgan fingerprint density at radius 2 is 1.05 bits per heavy atom. The molecular formula is C6H8F6N2O4S2+2. The van der Waals surface area contributed by atoms with Gasteiger partial charge in [0.15, 0.2) is 0 Å². The number of nitrogens with zero attached hydrogens (tertiary/aromatic N) is 2. The molecule has 0 aromatic heterocycles. The van der Waals surface area contributed by atoms with Crippen molar-refractivity contribution in [3.8, 4) is 0 Å². The van der Waals surface area contributed by atoms with Crippen molar-refractivity contribution in [1.29, 1.82) is 0 Å². The minimum atomic E-state index is -6.71. The van der Waals surface area contributed by atoms with E-state index in [9.17, 15) is 43.2 Å². The van der Waals surface area contributed by atoms with Gasteiger partial charge in [0, 0.05) is 17.5 Å². The van der Waals surface area contributed by atoms with Gasteiger partial charge in [0.2, 0.25) is 16.6 Å². The van der Waals surface area contributed by atoms with Crippen molar-refractivity contribution < 1.29 is 51.4 Å². The van der Waals surface area contributed by atoms with Gasteiger partial charge in [-0.3, -0.25) is 0 Å². The van der Waals surface area contributed by atoms with E-state index in [2.05, 4.69) is 0 Å². The molecule has 0 aromatic rings. The third-order valence-corrected chi connectivity index (χ3v) is 5.94. The van der Waals surface area contributed by atoms with Gasteiger partial charge in [-0.25, -0.2) is 0 Å². The van der Waals surface area contributed by atoms with Gasteiger partial charge in [0.25, 0.3) is 0 Å². The molecule has 20 heavy (non-hydrogen) atoms. The maximum Gasteiger partial charge on any atom is 0.567 e. The minimum absolute atomic E-state index is 0.00560. The fraction of sp³-hybridized carbons (Fsp3) is 1.00. The Kier molecular flexibility index (Phi) is 4.13. The standard InChI is InChI=1S/C6H8F6N2O4S2/c7-5(8,9)19(15,16)14(13-3-1-2-4-13)20(17,18)6(10,11)12/h1-4H2/q+2. The molecule has 0 spiro atoms. The van der Waals surface area contributed by atoms with E-state index in [4.69, 9.17) is 0 Å². The summed E-state index contributed by atoms with van der Waals surface area (Å²) in [5, 5.41) is 0. The van der Waals surface area contributed by atoms with Gasteiger partial charge in [-0.05, 0) is 0 Å². The Balaban J connectivity index is 3.71. The smallest absolute Gasteiger partial charge is 0.151 e. The maximum absolute atomic E-state index is 12.4. The molecule has 6 nitrogen and oxygen atoms in total. The van der Waals surface area contributed by atoms with Crippen LogP contribution in [-0.4, -0.2) is 49.1 Å². The second-order valence-electron chi connectivity index (χ2n) is 3.74. The van der Waals surface area contributed by atoms with Crippen LogP contribution in [0.5, 0.6) is 0 Å². The lowest BCUT2D eigenvalue weighted by atomic mass is 10.4. The van der Waals surface area contributed by atoms with E-state index in [1.807, 2.05) is 0 Å². The van der Waals surface area contributed by atoms with E-state index < -0.39 is 47.7 Å². The Labute approximate surface area is 109 Å². The van der Waals surface area contributed by atoms with Gasteiger partial charge in [0.1, 0.15) is 0 Å². The molecule has 0 radical (unpaired) electrons. The summed E-state index contributed by atoms with van der Waals surface area (Å²) in [5.74, 6) is 0. The molecule has 118 valence electrons. The van der Waals surface area contributed by atoms with E-state index >= 15 is 0 Å². The number of halogens is 6. The molecule has 0 unspecified atom stereocenters. The van der Waals surface area contributed by atoms with Crippen molar-refractivity contribution >= 4 is 20.0 Å². The first kappa shape index (κ1) is 17.1. The molecule has 0 N–H and O–H groups in total. The van der Waals surface area contributed by atoms with Crippen molar-refractivity contribution in [2.45, 2.75) is 23.9 Å². The Morgan fingerprint density at radius 3 is 1.30 bits per heavy atom. The van der Waals surface area contributed by atoms with Crippen LogP contribution in [0.15, 0.2) is 0 Å². The van der Waals surface area contributed by atoms with Gasteiger partial charge in [-0.1, -0.05) is 0 Å². The van der Waals surface area contributed by atoms with Crippen molar-refractivity contribution in [3.05, 3.63) is 0 Å². The van der Waals surface area contributed by atoms with Crippen molar-refractivity contribution in [3.63, 3.8) is 0 Å². The van der Waals surface area contributed by atoms with Crippen LogP contribution in [0.4, 0.5) is 26.3 Å². The zero-order valence-electron chi connectivity index (χ0n) is 9.44. The number of hydrogen-bond acceptors (Lipinski definition) is 4. The molecule has 0 bridgehead atoms. The SMILES string of the molecule is O=S(=O)([N+](=[N+]1CCCC1)S(=O)(=O)C(F)(F)F)C(F)(F)F. The van der Waals surface area contributed by atoms with Crippen molar-refractivity contribution in [2.75, 3.05) is 13.1 Å². The summed E-state index contributed by atoms with van der Waals surface area (Å²) in [7, 11) is -13.4. The molecule has 0 amide bonds. The van der Waals surface area contributed by atoms with Gasteiger partial charge in [-0.15, -0.1) is 16.8 Å². The van der Waals surface area contributed by atoms with Gasteiger partial charge in [0.05, 0.1) is 0 Å². The van der Waals surface area contributed by atoms with E-state index in [1.165, 1.54) is 0 Å². The topological polar surface area (TPSA) is 74.3 Å². The first-order valence-electron chi connectivity index (χ1n) is 4.91. The number of hydrogen-bond donors (Lipinski definition) is 0. The first-order chi connectivity index (χ1) is 8.73. The van der Waals surface area contributed by atoms with Crippen LogP contribution in [0.1, 0.15) is 12.8 Å². The number of rotatable bonds is 2. The summed E-state index contributed by atoms with van der Waals surface area (Å²) >= 11 is 0. The maximum atomic E-state index is 12.4. The lowest BCUT2D eigenvalue weighted by Crippen LogP contribution is -2.47. The molecule has 14 heteroatoms. The molecule has 1 fully saturated rings. The Bertz CT molecular complexity index is 575. The molecule has 1 aliphatic heterocycles. The quantitative estimate of drug-likeness (QED) is 0.549. The summed E-state index contributed by atoms with van der Waals surface area (Å²) in [6.07, 6.45) is 0.133. The predicted molar refractivity (Wildman–Crippen MR) is 49.4 cm³/mol. The molecule has 1 aliphatic rings. The minimum Gasteiger partial charge on any atom is -0.151 e. The molecule has 0 aliphatic carbocycles. The number of alkyl halides is 6. The molecule has 1 heterocycles. The highest BCUT2D eigenvalue weighted by Gasteiger charge is 2.73. The van der Waals surface area contributed by atoms with Gasteiger partial charge in [-0.2, -0.15) is 26.3 Å². The third kappa shape index (κ3) is 2.75. The summed E-state index contributed by atoms with van der Waals surface area (Å²) < 4.78 is 117. The van der Waals surface area contributed by atoms with Crippen LogP contribution < -0.4 is 0 Å².